The van der Waals surface area contributed by atoms with Crippen molar-refractivity contribution in [3.8, 4) is 0 Å². The zero-order chi connectivity index (χ0) is 21.1. The van der Waals surface area contributed by atoms with Gasteiger partial charge in [-0.15, -0.1) is 0 Å². The first kappa shape index (κ1) is 22.8. The fourth-order valence-electron chi connectivity index (χ4n) is 1.94. The van der Waals surface area contributed by atoms with Crippen LogP contribution in [0.1, 0.15) is 12.8 Å². The number of nitrogens with two attached hydrogens (primary N) is 4. The number of nitrogens with one attached hydrogen (secondary N) is 1. The largest absolute Gasteiger partial charge is 0.480 e. The third kappa shape index (κ3) is 7.56. The molecule has 2 rings (SSSR count). The van der Waals surface area contributed by atoms with Gasteiger partial charge in [-0.25, -0.2) is 4.98 Å². The molecule has 2 aromatic rings. The average Bonchev–Trinajstić information content (AvgIpc) is 3.02. The lowest BCUT2D eigenvalue weighted by Gasteiger charge is -2.03. The van der Waals surface area contributed by atoms with E-state index in [0.29, 0.717) is 25.0 Å². The fraction of sp³-hybridized carbons (Fsp3) is 0.500. The third-order valence-electron chi connectivity index (χ3n) is 3.24. The molecule has 0 aliphatic carbocycles. The molecule has 2 heterocycles. The van der Waals surface area contributed by atoms with Crippen molar-refractivity contribution in [2.24, 2.45) is 22.2 Å². The first-order valence-electron chi connectivity index (χ1n) is 8.19. The summed E-state index contributed by atoms with van der Waals surface area (Å²) >= 11 is 0. The van der Waals surface area contributed by atoms with Crippen molar-refractivity contribution in [1.29, 1.82) is 0 Å². The molecule has 11 N–H and O–H groups in total. The van der Waals surface area contributed by atoms with Gasteiger partial charge in [0.2, 0.25) is 5.95 Å². The minimum Gasteiger partial charge on any atom is -0.480 e. The lowest BCUT2D eigenvalue weighted by molar-refractivity contribution is -0.138. The van der Waals surface area contributed by atoms with E-state index in [1.54, 1.807) is 0 Å². The summed E-state index contributed by atoms with van der Waals surface area (Å²) in [6.45, 7) is 0.720. The Balaban J connectivity index is 0.000000295. The molecule has 14 heteroatoms. The summed E-state index contributed by atoms with van der Waals surface area (Å²) in [5, 5.41) is 16.9. The number of hydrogen-bond acceptors (Lipinski definition) is 9. The molecule has 0 amide bonds. The van der Waals surface area contributed by atoms with Crippen LogP contribution in [-0.2, 0) is 16.3 Å². The van der Waals surface area contributed by atoms with Crippen LogP contribution in [-0.4, -0.2) is 67.5 Å². The van der Waals surface area contributed by atoms with Crippen LogP contribution in [0.4, 0.5) is 5.95 Å². The smallest absolute Gasteiger partial charge is 0.320 e. The quantitative estimate of drug-likeness (QED) is 0.128. The van der Waals surface area contributed by atoms with Crippen molar-refractivity contribution < 1.29 is 19.7 Å². The number of hydrogen-bond donors (Lipinski definition) is 7. The van der Waals surface area contributed by atoms with E-state index in [0.717, 1.165) is 0 Å². The maximum Gasteiger partial charge on any atom is 0.320 e. The number of carboxylic acids is 1. The van der Waals surface area contributed by atoms with Gasteiger partial charge in [-0.2, -0.15) is 4.98 Å². The third-order valence-corrected chi connectivity index (χ3v) is 3.24. The second-order valence-corrected chi connectivity index (χ2v) is 5.49. The molecule has 0 aliphatic heterocycles. The number of aliphatic hydroxyl groups excluding tert-OH is 1. The summed E-state index contributed by atoms with van der Waals surface area (Å²) in [6, 6.07) is -0.820. The van der Waals surface area contributed by atoms with Crippen LogP contribution in [0.2, 0.25) is 0 Å². The molecule has 0 fully saturated rings. The minimum atomic E-state index is -1.00. The Morgan fingerprint density at radius 1 is 1.43 bits per heavy atom. The predicted octanol–water partition coefficient (Wildman–Crippen LogP) is -2.88. The average molecular weight is 399 g/mol. The molecule has 14 nitrogen and oxygen atoms in total. The van der Waals surface area contributed by atoms with Gasteiger partial charge in [0.1, 0.15) is 12.8 Å². The van der Waals surface area contributed by atoms with Crippen LogP contribution in [0.3, 0.4) is 0 Å². The molecular weight excluding hydrogens is 374 g/mol. The molecule has 0 aromatic carbocycles. The van der Waals surface area contributed by atoms with Crippen molar-refractivity contribution >= 4 is 29.0 Å². The lowest BCUT2D eigenvalue weighted by atomic mass is 10.2. The molecule has 2 aromatic heterocycles. The number of carboxylic acid groups (broad SMARTS) is 1. The van der Waals surface area contributed by atoms with E-state index in [1.165, 1.54) is 10.9 Å². The summed E-state index contributed by atoms with van der Waals surface area (Å²) in [7, 11) is 0. The Morgan fingerprint density at radius 3 is 2.75 bits per heavy atom. The molecule has 0 aliphatic rings. The SMILES string of the molecule is NC(N)=NCCC[C@H](N)C(=O)O.Nc1nc2c(ncn2COCCO)c(=O)[nH]1. The van der Waals surface area contributed by atoms with Crippen LogP contribution >= 0.6 is 0 Å². The van der Waals surface area contributed by atoms with Crippen LogP contribution in [0.5, 0.6) is 0 Å². The first-order valence-corrected chi connectivity index (χ1v) is 8.19. The summed E-state index contributed by atoms with van der Waals surface area (Å²) in [5.74, 6) is -0.958. The predicted molar refractivity (Wildman–Crippen MR) is 101 cm³/mol. The Bertz CT molecular complexity index is 843. The standard InChI is InChI=1S/C8H11N5O3.C6H14N4O2/c9-8-11-6-5(7(15)12-8)10-3-13(6)4-16-2-1-14;7-4(5(11)12)2-1-3-10-6(8)9/h3,14H,1-2,4H2,(H3,9,11,12,15);4H,1-3,7H2,(H,11,12)(H4,8,9,10)/t;4-/m.0/s1. The number of carbonyl (C=O) groups is 1. The summed E-state index contributed by atoms with van der Waals surface area (Å²) in [6.07, 6.45) is 2.39. The van der Waals surface area contributed by atoms with E-state index in [-0.39, 0.29) is 42.9 Å². The summed E-state index contributed by atoms with van der Waals surface area (Å²) < 4.78 is 6.63. The van der Waals surface area contributed by atoms with Crippen LogP contribution in [0, 0.1) is 0 Å². The number of aliphatic hydroxyl groups is 1. The maximum atomic E-state index is 11.4. The number of nitrogens with zero attached hydrogens (tertiary/aromatic N) is 4. The van der Waals surface area contributed by atoms with Gasteiger partial charge in [-0.3, -0.25) is 24.1 Å². The summed E-state index contributed by atoms with van der Waals surface area (Å²) in [5.41, 5.74) is 20.9. The van der Waals surface area contributed by atoms with E-state index < -0.39 is 12.0 Å². The van der Waals surface area contributed by atoms with Gasteiger partial charge in [-0.1, -0.05) is 0 Å². The van der Waals surface area contributed by atoms with Gasteiger partial charge in [-0.05, 0) is 12.8 Å². The number of imidazole rings is 1. The highest BCUT2D eigenvalue weighted by Gasteiger charge is 2.10. The molecule has 0 saturated carbocycles. The normalized spacial score (nSPS) is 11.5. The number of aromatic amines is 1. The second-order valence-electron chi connectivity index (χ2n) is 5.49. The number of fused-ring (bicyclic) bond motifs is 1. The van der Waals surface area contributed by atoms with Gasteiger partial charge in [0.15, 0.2) is 17.1 Å². The minimum absolute atomic E-state index is 0.0129. The first-order chi connectivity index (χ1) is 13.3. The number of guanidine groups is 1. The molecule has 156 valence electrons. The molecule has 0 unspecified atom stereocenters. The van der Waals surface area contributed by atoms with E-state index in [4.69, 9.17) is 37.9 Å². The second kappa shape index (κ2) is 11.5. The molecule has 0 saturated heterocycles. The van der Waals surface area contributed by atoms with Crippen molar-refractivity contribution in [3.63, 3.8) is 0 Å². The van der Waals surface area contributed by atoms with Gasteiger partial charge in [0, 0.05) is 6.54 Å². The van der Waals surface area contributed by atoms with Gasteiger partial charge >= 0.3 is 5.97 Å². The molecule has 0 spiro atoms. The number of nitrogen functional groups attached to an aromatic ring is 1. The van der Waals surface area contributed by atoms with Crippen LogP contribution < -0.4 is 28.5 Å². The number of ether oxygens (including phenoxy) is 1. The van der Waals surface area contributed by atoms with Gasteiger partial charge < -0.3 is 37.9 Å². The Labute approximate surface area is 159 Å². The Hall–Kier alpha value is -3.23. The van der Waals surface area contributed by atoms with Crippen molar-refractivity contribution in [3.05, 3.63) is 16.7 Å². The van der Waals surface area contributed by atoms with Crippen molar-refractivity contribution in [2.75, 3.05) is 25.5 Å². The van der Waals surface area contributed by atoms with Crippen LogP contribution in [0.15, 0.2) is 16.1 Å². The van der Waals surface area contributed by atoms with Crippen molar-refractivity contribution in [1.82, 2.24) is 19.5 Å². The highest BCUT2D eigenvalue weighted by Crippen LogP contribution is 2.06. The molecular formula is C14H25N9O5. The topological polar surface area (TPSA) is 247 Å². The number of H-pyrrole nitrogens is 1. The van der Waals surface area contributed by atoms with Crippen LogP contribution in [0.25, 0.3) is 11.2 Å². The van der Waals surface area contributed by atoms with E-state index in [9.17, 15) is 9.59 Å². The van der Waals surface area contributed by atoms with E-state index in [2.05, 4.69) is 19.9 Å². The van der Waals surface area contributed by atoms with E-state index >= 15 is 0 Å². The Kier molecular flexibility index (Phi) is 9.35. The molecule has 1 atom stereocenters. The molecule has 28 heavy (non-hydrogen) atoms. The lowest BCUT2D eigenvalue weighted by Crippen LogP contribution is -2.30. The van der Waals surface area contributed by atoms with Gasteiger partial charge in [0.25, 0.3) is 5.56 Å². The Morgan fingerprint density at radius 2 is 2.14 bits per heavy atom. The number of aliphatic carboxylic acids is 1. The highest BCUT2D eigenvalue weighted by atomic mass is 16.5. The monoisotopic (exact) mass is 399 g/mol. The van der Waals surface area contributed by atoms with Gasteiger partial charge in [0.05, 0.1) is 19.5 Å². The molecule has 0 bridgehead atoms. The molecule has 0 radical (unpaired) electrons. The summed E-state index contributed by atoms with van der Waals surface area (Å²) in [4.78, 5) is 35.5. The highest BCUT2D eigenvalue weighted by molar-refractivity contribution is 5.75. The fourth-order valence-corrected chi connectivity index (χ4v) is 1.94. The maximum absolute atomic E-state index is 11.4. The number of rotatable bonds is 9. The number of aliphatic imine (C=N–C) groups is 1. The van der Waals surface area contributed by atoms with E-state index in [1.807, 2.05) is 0 Å². The number of aromatic nitrogens is 4. The zero-order valence-electron chi connectivity index (χ0n) is 15.1. The zero-order valence-corrected chi connectivity index (χ0v) is 15.1. The van der Waals surface area contributed by atoms with Crippen molar-refractivity contribution in [2.45, 2.75) is 25.6 Å². The number of anilines is 1.